The Kier molecular flexibility index (Phi) is 5.46. The molecule has 1 atom stereocenters. The van der Waals surface area contributed by atoms with Crippen LogP contribution in [0.2, 0.25) is 5.02 Å². The van der Waals surface area contributed by atoms with Crippen LogP contribution in [-0.4, -0.2) is 26.5 Å². The number of hydrogen-bond acceptors (Lipinski definition) is 4. The monoisotopic (exact) mass is 461 g/mol. The van der Waals surface area contributed by atoms with Crippen LogP contribution in [0, 0.1) is 0 Å². The van der Waals surface area contributed by atoms with E-state index < -0.39 is 22.7 Å². The lowest BCUT2D eigenvalue weighted by molar-refractivity contribution is -0.137. The molecule has 2 aromatic heterocycles. The quantitative estimate of drug-likeness (QED) is 0.428. The Bertz CT molecular complexity index is 1350. The number of halogens is 4. The van der Waals surface area contributed by atoms with E-state index >= 15 is 0 Å². The second-order valence-corrected chi connectivity index (χ2v) is 7.83. The van der Waals surface area contributed by atoms with Gasteiger partial charge in [0.2, 0.25) is 0 Å². The number of amides is 1. The number of anilines is 1. The average molecular weight is 462 g/mol. The second kappa shape index (κ2) is 7.98. The summed E-state index contributed by atoms with van der Waals surface area (Å²) in [7, 11) is 0. The van der Waals surface area contributed by atoms with Gasteiger partial charge in [-0.1, -0.05) is 30.7 Å². The Morgan fingerprint density at radius 3 is 2.47 bits per heavy atom. The number of alkyl halides is 3. The SMILES string of the molecule is CCC(C)NC(=O)c1c(N)n(-c2ccc(Cl)c(C(F)(F)F)c2)c2nc3ccccc3nc12. The molecule has 0 spiro atoms. The van der Waals surface area contributed by atoms with Crippen molar-refractivity contribution in [1.29, 1.82) is 0 Å². The maximum Gasteiger partial charge on any atom is 0.417 e. The van der Waals surface area contributed by atoms with Crippen LogP contribution in [0.5, 0.6) is 0 Å². The first-order valence-electron chi connectivity index (χ1n) is 9.86. The summed E-state index contributed by atoms with van der Waals surface area (Å²) >= 11 is 5.78. The number of aromatic nitrogens is 3. The van der Waals surface area contributed by atoms with Crippen LogP contribution in [0.3, 0.4) is 0 Å². The first kappa shape index (κ1) is 21.9. The lowest BCUT2D eigenvalue weighted by Gasteiger charge is -2.14. The van der Waals surface area contributed by atoms with E-state index in [0.29, 0.717) is 17.5 Å². The number of rotatable bonds is 4. The molecule has 2 aromatic carbocycles. The summed E-state index contributed by atoms with van der Waals surface area (Å²) in [5.41, 5.74) is 6.85. The number of carbonyl (C=O) groups is 1. The van der Waals surface area contributed by atoms with E-state index in [0.717, 1.165) is 12.1 Å². The Morgan fingerprint density at radius 1 is 1.19 bits per heavy atom. The lowest BCUT2D eigenvalue weighted by Crippen LogP contribution is -2.32. The van der Waals surface area contributed by atoms with Gasteiger partial charge < -0.3 is 11.1 Å². The molecule has 0 fully saturated rings. The number of nitrogen functional groups attached to an aromatic ring is 1. The van der Waals surface area contributed by atoms with Crippen LogP contribution >= 0.6 is 11.6 Å². The molecule has 4 rings (SSSR count). The van der Waals surface area contributed by atoms with Crippen molar-refractivity contribution in [1.82, 2.24) is 19.9 Å². The van der Waals surface area contributed by atoms with Gasteiger partial charge in [0.25, 0.3) is 5.91 Å². The molecule has 32 heavy (non-hydrogen) atoms. The highest BCUT2D eigenvalue weighted by Gasteiger charge is 2.34. The molecule has 0 bridgehead atoms. The number of hydrogen-bond donors (Lipinski definition) is 2. The smallest absolute Gasteiger partial charge is 0.384 e. The van der Waals surface area contributed by atoms with Crippen molar-refractivity contribution in [3.63, 3.8) is 0 Å². The summed E-state index contributed by atoms with van der Waals surface area (Å²) in [6, 6.07) is 10.3. The Hall–Kier alpha value is -3.33. The van der Waals surface area contributed by atoms with Gasteiger partial charge in [-0.2, -0.15) is 13.2 Å². The van der Waals surface area contributed by atoms with E-state index in [1.807, 2.05) is 13.8 Å². The van der Waals surface area contributed by atoms with Crippen LogP contribution in [0.15, 0.2) is 42.5 Å². The minimum atomic E-state index is -4.67. The molecule has 1 amide bonds. The number of nitrogens with zero attached hydrogens (tertiary/aromatic N) is 3. The molecule has 10 heteroatoms. The highest BCUT2D eigenvalue weighted by Crippen LogP contribution is 2.38. The maximum absolute atomic E-state index is 13.5. The standard InChI is InChI=1S/C22H19ClF3N5O/c1-3-11(2)28-21(32)17-18-20(30-16-7-5-4-6-15(16)29-18)31(19(17)27)12-8-9-14(23)13(10-12)22(24,25)26/h4-11H,3,27H2,1-2H3,(H,28,32). The Balaban J connectivity index is 2.04. The zero-order valence-corrected chi connectivity index (χ0v) is 17.9. The number of carbonyl (C=O) groups excluding carboxylic acids is 1. The van der Waals surface area contributed by atoms with E-state index in [9.17, 15) is 18.0 Å². The minimum absolute atomic E-state index is 0.0575. The van der Waals surface area contributed by atoms with Gasteiger partial charge in [-0.15, -0.1) is 0 Å². The van der Waals surface area contributed by atoms with E-state index in [1.165, 1.54) is 10.6 Å². The van der Waals surface area contributed by atoms with Crippen LogP contribution in [0.1, 0.15) is 36.2 Å². The number of nitrogens with one attached hydrogen (secondary N) is 1. The third-order valence-electron chi connectivity index (χ3n) is 5.23. The van der Waals surface area contributed by atoms with Crippen molar-refractivity contribution in [3.8, 4) is 5.69 Å². The van der Waals surface area contributed by atoms with Crippen LogP contribution < -0.4 is 11.1 Å². The average Bonchev–Trinajstić information content (AvgIpc) is 3.02. The fraction of sp³-hybridized carbons (Fsp3) is 0.227. The first-order valence-corrected chi connectivity index (χ1v) is 10.2. The summed E-state index contributed by atoms with van der Waals surface area (Å²) in [6.07, 6.45) is -3.98. The number of fused-ring (bicyclic) bond motifs is 2. The molecule has 0 aliphatic heterocycles. The van der Waals surface area contributed by atoms with Crippen molar-refractivity contribution >= 4 is 45.5 Å². The van der Waals surface area contributed by atoms with Crippen molar-refractivity contribution in [2.24, 2.45) is 0 Å². The summed E-state index contributed by atoms with van der Waals surface area (Å²) in [5.74, 6) is -0.540. The van der Waals surface area contributed by atoms with Crippen molar-refractivity contribution in [3.05, 3.63) is 58.6 Å². The molecule has 166 valence electrons. The summed E-state index contributed by atoms with van der Waals surface area (Å²) in [4.78, 5) is 22.1. The molecule has 0 radical (unpaired) electrons. The fourth-order valence-corrected chi connectivity index (χ4v) is 3.64. The maximum atomic E-state index is 13.5. The van der Waals surface area contributed by atoms with Gasteiger partial charge >= 0.3 is 6.18 Å². The van der Waals surface area contributed by atoms with Crippen LogP contribution in [0.4, 0.5) is 19.0 Å². The molecule has 0 aliphatic carbocycles. The second-order valence-electron chi connectivity index (χ2n) is 7.42. The molecule has 3 N–H and O–H groups in total. The summed E-state index contributed by atoms with van der Waals surface area (Å²) < 4.78 is 41.7. The molecule has 1 unspecified atom stereocenters. The largest absolute Gasteiger partial charge is 0.417 e. The lowest BCUT2D eigenvalue weighted by atomic mass is 10.2. The molecule has 0 aliphatic rings. The summed E-state index contributed by atoms with van der Waals surface area (Å²) in [5, 5.41) is 2.39. The Labute approximate surface area is 186 Å². The third kappa shape index (κ3) is 3.73. The first-order chi connectivity index (χ1) is 15.1. The molecular weight excluding hydrogens is 443 g/mol. The summed E-state index contributed by atoms with van der Waals surface area (Å²) in [6.45, 7) is 3.75. The number of nitrogens with two attached hydrogens (primary N) is 1. The van der Waals surface area contributed by atoms with Gasteiger partial charge in [-0.3, -0.25) is 9.36 Å². The number of para-hydroxylation sites is 2. The molecule has 4 aromatic rings. The third-order valence-corrected chi connectivity index (χ3v) is 5.56. The normalized spacial score (nSPS) is 12.9. The van der Waals surface area contributed by atoms with Crippen molar-refractivity contribution in [2.45, 2.75) is 32.5 Å². The van der Waals surface area contributed by atoms with E-state index in [4.69, 9.17) is 17.3 Å². The molecular formula is C22H19ClF3N5O. The van der Waals surface area contributed by atoms with Crippen molar-refractivity contribution < 1.29 is 18.0 Å². The van der Waals surface area contributed by atoms with E-state index in [1.54, 1.807) is 24.3 Å². The Morgan fingerprint density at radius 2 is 1.84 bits per heavy atom. The zero-order chi connectivity index (χ0) is 23.2. The number of benzene rings is 2. The molecule has 2 heterocycles. The van der Waals surface area contributed by atoms with Crippen LogP contribution in [0.25, 0.3) is 27.9 Å². The topological polar surface area (TPSA) is 85.8 Å². The fourth-order valence-electron chi connectivity index (χ4n) is 3.41. The van der Waals surface area contributed by atoms with Crippen molar-refractivity contribution in [2.75, 3.05) is 5.73 Å². The van der Waals surface area contributed by atoms with E-state index in [-0.39, 0.29) is 34.3 Å². The molecule has 0 saturated carbocycles. The van der Waals surface area contributed by atoms with Gasteiger partial charge in [0, 0.05) is 11.7 Å². The van der Waals surface area contributed by atoms with Gasteiger partial charge in [0.15, 0.2) is 5.65 Å². The van der Waals surface area contributed by atoms with Gasteiger partial charge in [0.1, 0.15) is 16.9 Å². The van der Waals surface area contributed by atoms with Gasteiger partial charge in [-0.25, -0.2) is 9.97 Å². The van der Waals surface area contributed by atoms with E-state index in [2.05, 4.69) is 15.3 Å². The zero-order valence-electron chi connectivity index (χ0n) is 17.2. The highest BCUT2D eigenvalue weighted by atomic mass is 35.5. The van der Waals surface area contributed by atoms with Crippen LogP contribution in [-0.2, 0) is 6.18 Å². The van der Waals surface area contributed by atoms with Gasteiger partial charge in [-0.05, 0) is 43.7 Å². The highest BCUT2D eigenvalue weighted by molar-refractivity contribution is 6.31. The molecule has 6 nitrogen and oxygen atoms in total. The predicted molar refractivity (Wildman–Crippen MR) is 118 cm³/mol. The van der Waals surface area contributed by atoms with Gasteiger partial charge in [0.05, 0.1) is 21.6 Å². The molecule has 0 saturated heterocycles. The predicted octanol–water partition coefficient (Wildman–Crippen LogP) is 5.36. The minimum Gasteiger partial charge on any atom is -0.384 e.